The molecule has 0 N–H and O–H groups in total. The molecule has 106 valence electrons. The zero-order chi connectivity index (χ0) is 14.8. The fourth-order valence-electron chi connectivity index (χ4n) is 3.10. The van der Waals surface area contributed by atoms with Gasteiger partial charge in [-0.15, -0.1) is 0 Å². The zero-order valence-electron chi connectivity index (χ0n) is 12.1. The Hall–Kier alpha value is -2.80. The molecule has 2 aromatic carbocycles. The van der Waals surface area contributed by atoms with E-state index in [0.717, 1.165) is 0 Å². The molecule has 1 nitrogen and oxygen atoms in total. The van der Waals surface area contributed by atoms with E-state index in [0.29, 0.717) is 0 Å². The quantitative estimate of drug-likeness (QED) is 0.735. The molecule has 0 spiro atoms. The lowest BCUT2D eigenvalue weighted by Crippen LogP contribution is -2.14. The van der Waals surface area contributed by atoms with Crippen LogP contribution in [0.5, 0.6) is 0 Å². The molecular weight excluding hydrogens is 268 g/mol. The molecule has 2 aromatic rings. The fraction of sp³-hybridized carbons (Fsp3) is 0.0476. The van der Waals surface area contributed by atoms with E-state index in [1.54, 1.807) is 0 Å². The van der Waals surface area contributed by atoms with Gasteiger partial charge in [-0.25, -0.2) is 0 Å². The SMILES string of the molecule is C1=CC2=COC=C(c3ccccc3)C2C(c2ccccc2)=C1. The van der Waals surface area contributed by atoms with Crippen LogP contribution in [0.25, 0.3) is 11.1 Å². The van der Waals surface area contributed by atoms with E-state index in [1.165, 1.54) is 27.8 Å². The fourth-order valence-corrected chi connectivity index (χ4v) is 3.10. The van der Waals surface area contributed by atoms with Crippen molar-refractivity contribution in [2.75, 3.05) is 0 Å². The highest BCUT2D eigenvalue weighted by Gasteiger charge is 2.28. The number of rotatable bonds is 2. The van der Waals surface area contributed by atoms with Gasteiger partial charge in [-0.1, -0.05) is 78.9 Å². The maximum Gasteiger partial charge on any atom is 0.0949 e. The molecular formula is C21H16O. The van der Waals surface area contributed by atoms with Gasteiger partial charge in [0, 0.05) is 11.5 Å². The highest BCUT2D eigenvalue weighted by atomic mass is 16.5. The molecule has 0 fully saturated rings. The summed E-state index contributed by atoms with van der Waals surface area (Å²) in [7, 11) is 0. The summed E-state index contributed by atoms with van der Waals surface area (Å²) in [6.45, 7) is 0. The standard InChI is InChI=1S/C21H16O/c1-3-8-16(9-4-1)19-13-7-12-18-14-22-15-20(21(18)19)17-10-5-2-6-11-17/h1-15,21H. The van der Waals surface area contributed by atoms with E-state index in [2.05, 4.69) is 72.8 Å². The van der Waals surface area contributed by atoms with Crippen molar-refractivity contribution in [2.24, 2.45) is 5.92 Å². The Morgan fingerprint density at radius 2 is 1.32 bits per heavy atom. The van der Waals surface area contributed by atoms with E-state index >= 15 is 0 Å². The largest absolute Gasteiger partial charge is 0.472 e. The van der Waals surface area contributed by atoms with Gasteiger partial charge in [-0.2, -0.15) is 0 Å². The molecule has 1 aliphatic heterocycles. The minimum atomic E-state index is 0.226. The minimum Gasteiger partial charge on any atom is -0.472 e. The average Bonchev–Trinajstić information content (AvgIpc) is 2.62. The predicted molar refractivity (Wildman–Crippen MR) is 90.6 cm³/mol. The Kier molecular flexibility index (Phi) is 3.24. The van der Waals surface area contributed by atoms with Gasteiger partial charge < -0.3 is 4.74 Å². The molecule has 1 aliphatic carbocycles. The van der Waals surface area contributed by atoms with Crippen LogP contribution >= 0.6 is 0 Å². The Morgan fingerprint density at radius 3 is 2.00 bits per heavy atom. The second-order valence-corrected chi connectivity index (χ2v) is 5.47. The van der Waals surface area contributed by atoms with Gasteiger partial charge in [-0.3, -0.25) is 0 Å². The zero-order valence-corrected chi connectivity index (χ0v) is 12.1. The van der Waals surface area contributed by atoms with Gasteiger partial charge in [0.05, 0.1) is 12.5 Å². The highest BCUT2D eigenvalue weighted by molar-refractivity contribution is 5.88. The smallest absolute Gasteiger partial charge is 0.0949 e. The molecule has 1 heteroatoms. The van der Waals surface area contributed by atoms with Gasteiger partial charge in [0.15, 0.2) is 0 Å². The van der Waals surface area contributed by atoms with Crippen molar-refractivity contribution in [1.29, 1.82) is 0 Å². The monoisotopic (exact) mass is 284 g/mol. The van der Waals surface area contributed by atoms with Crippen molar-refractivity contribution in [2.45, 2.75) is 0 Å². The summed E-state index contributed by atoms with van der Waals surface area (Å²) in [5.74, 6) is 0.226. The van der Waals surface area contributed by atoms with Crippen molar-refractivity contribution in [3.05, 3.63) is 108 Å². The van der Waals surface area contributed by atoms with E-state index in [1.807, 2.05) is 18.6 Å². The summed E-state index contributed by atoms with van der Waals surface area (Å²) in [6.07, 6.45) is 10.2. The molecule has 1 heterocycles. The van der Waals surface area contributed by atoms with Crippen LogP contribution < -0.4 is 0 Å². The maximum absolute atomic E-state index is 5.59. The van der Waals surface area contributed by atoms with Crippen molar-refractivity contribution in [3.8, 4) is 0 Å². The summed E-state index contributed by atoms with van der Waals surface area (Å²) in [4.78, 5) is 0. The third-order valence-electron chi connectivity index (χ3n) is 4.13. The molecule has 0 radical (unpaired) electrons. The maximum atomic E-state index is 5.59. The third-order valence-corrected chi connectivity index (χ3v) is 4.13. The molecule has 1 unspecified atom stereocenters. The number of hydrogen-bond donors (Lipinski definition) is 0. The normalized spacial score (nSPS) is 19.5. The van der Waals surface area contributed by atoms with Crippen LogP contribution in [0.4, 0.5) is 0 Å². The van der Waals surface area contributed by atoms with E-state index in [-0.39, 0.29) is 5.92 Å². The number of ether oxygens (including phenoxy) is 1. The molecule has 0 saturated heterocycles. The molecule has 2 aliphatic rings. The Morgan fingerprint density at radius 1 is 0.682 bits per heavy atom. The van der Waals surface area contributed by atoms with E-state index in [4.69, 9.17) is 4.74 Å². The topological polar surface area (TPSA) is 9.23 Å². The summed E-state index contributed by atoms with van der Waals surface area (Å²) in [5, 5.41) is 0. The summed E-state index contributed by atoms with van der Waals surface area (Å²) >= 11 is 0. The van der Waals surface area contributed by atoms with Crippen LogP contribution in [-0.4, -0.2) is 0 Å². The predicted octanol–water partition coefficient (Wildman–Crippen LogP) is 5.21. The lowest BCUT2D eigenvalue weighted by atomic mass is 9.76. The van der Waals surface area contributed by atoms with Gasteiger partial charge in [0.2, 0.25) is 0 Å². The first-order valence-electron chi connectivity index (χ1n) is 7.48. The van der Waals surface area contributed by atoms with Crippen LogP contribution in [0.15, 0.2) is 97.0 Å². The van der Waals surface area contributed by atoms with Crippen LogP contribution in [0.1, 0.15) is 11.1 Å². The minimum absolute atomic E-state index is 0.226. The Bertz CT molecular complexity index is 792. The Balaban J connectivity index is 1.82. The highest BCUT2D eigenvalue weighted by Crippen LogP contribution is 2.43. The van der Waals surface area contributed by atoms with Gasteiger partial charge in [0.25, 0.3) is 0 Å². The number of hydrogen-bond acceptors (Lipinski definition) is 1. The molecule has 0 amide bonds. The van der Waals surface area contributed by atoms with Gasteiger partial charge in [-0.05, 0) is 22.3 Å². The van der Waals surface area contributed by atoms with Crippen LogP contribution in [0, 0.1) is 5.92 Å². The summed E-state index contributed by atoms with van der Waals surface area (Å²) < 4.78 is 5.59. The molecule has 22 heavy (non-hydrogen) atoms. The lowest BCUT2D eigenvalue weighted by Gasteiger charge is -2.29. The summed E-state index contributed by atoms with van der Waals surface area (Å²) in [6, 6.07) is 21.0. The second kappa shape index (κ2) is 5.53. The first-order chi connectivity index (χ1) is 10.9. The van der Waals surface area contributed by atoms with E-state index < -0.39 is 0 Å². The van der Waals surface area contributed by atoms with E-state index in [9.17, 15) is 0 Å². The second-order valence-electron chi connectivity index (χ2n) is 5.47. The molecule has 0 aromatic heterocycles. The van der Waals surface area contributed by atoms with Crippen molar-refractivity contribution in [1.82, 2.24) is 0 Å². The van der Waals surface area contributed by atoms with Crippen molar-refractivity contribution in [3.63, 3.8) is 0 Å². The first-order valence-corrected chi connectivity index (χ1v) is 7.48. The van der Waals surface area contributed by atoms with Crippen molar-refractivity contribution < 1.29 is 4.74 Å². The van der Waals surface area contributed by atoms with Crippen LogP contribution in [0.2, 0.25) is 0 Å². The van der Waals surface area contributed by atoms with Gasteiger partial charge >= 0.3 is 0 Å². The van der Waals surface area contributed by atoms with Gasteiger partial charge in [0.1, 0.15) is 0 Å². The third kappa shape index (κ3) is 2.21. The summed E-state index contributed by atoms with van der Waals surface area (Å²) in [5.41, 5.74) is 6.18. The number of allylic oxidation sites excluding steroid dienone is 6. The number of benzene rings is 2. The van der Waals surface area contributed by atoms with Crippen LogP contribution in [0.3, 0.4) is 0 Å². The first kappa shape index (κ1) is 12.9. The number of fused-ring (bicyclic) bond motifs is 1. The molecule has 0 saturated carbocycles. The average molecular weight is 284 g/mol. The lowest BCUT2D eigenvalue weighted by molar-refractivity contribution is 0.389. The Labute approximate surface area is 130 Å². The molecule has 0 bridgehead atoms. The van der Waals surface area contributed by atoms with Crippen LogP contribution in [-0.2, 0) is 4.74 Å². The van der Waals surface area contributed by atoms with Crippen molar-refractivity contribution >= 4 is 11.1 Å². The molecule has 4 rings (SSSR count). The molecule has 1 atom stereocenters.